The molecule has 6 aliphatic rings. The minimum atomic E-state index is -3.91. The highest BCUT2D eigenvalue weighted by atomic mass is 32.2. The van der Waals surface area contributed by atoms with E-state index in [0.29, 0.717) is 73.4 Å². The summed E-state index contributed by atoms with van der Waals surface area (Å²) in [6.07, 6.45) is 11.3. The first-order valence-corrected chi connectivity index (χ1v) is 22.2. The van der Waals surface area contributed by atoms with Crippen LogP contribution >= 0.6 is 0 Å². The van der Waals surface area contributed by atoms with Crippen molar-refractivity contribution in [2.24, 2.45) is 17.8 Å². The Morgan fingerprint density at radius 3 is 2.55 bits per heavy atom. The smallest absolute Gasteiger partial charge is 0.408 e. The minimum absolute atomic E-state index is 0.0155. The van der Waals surface area contributed by atoms with E-state index in [0.717, 1.165) is 31.2 Å². The van der Waals surface area contributed by atoms with Crippen LogP contribution in [0.3, 0.4) is 0 Å². The van der Waals surface area contributed by atoms with Crippen molar-refractivity contribution in [1.29, 1.82) is 0 Å². The molecule has 1 aromatic carbocycles. The fraction of sp³-hybridized carbons (Fsp3) is 0.595. The number of carbonyl (C=O) groups excluding carboxylic acids is 4. The molecule has 15 nitrogen and oxygen atoms in total. The number of amides is 4. The van der Waals surface area contributed by atoms with Gasteiger partial charge in [0.2, 0.25) is 27.7 Å². The number of sulfonamides is 1. The number of carbonyl (C=O) groups is 4. The molecule has 2 aliphatic heterocycles. The Bertz CT molecular complexity index is 2120. The van der Waals surface area contributed by atoms with Gasteiger partial charge in [-0.15, -0.1) is 6.58 Å². The fourth-order valence-electron chi connectivity index (χ4n) is 9.36. The molecule has 58 heavy (non-hydrogen) atoms. The largest absolute Gasteiger partial charge is 0.496 e. The van der Waals surface area contributed by atoms with Crippen LogP contribution in [0.25, 0.3) is 17.0 Å². The van der Waals surface area contributed by atoms with Gasteiger partial charge in [-0.05, 0) is 82.6 Å². The Morgan fingerprint density at radius 2 is 1.84 bits per heavy atom. The average Bonchev–Trinajstić information content (AvgIpc) is 3.99. The van der Waals surface area contributed by atoms with Crippen LogP contribution in [-0.4, -0.2) is 97.5 Å². The Kier molecular flexibility index (Phi) is 11.1. The molecule has 2 aromatic rings. The number of aromatic nitrogens is 1. The number of pyridine rings is 1. The molecule has 1 aromatic heterocycles. The normalized spacial score (nSPS) is 30.6. The number of nitrogens with one attached hydrogen (secondary N) is 3. The van der Waals surface area contributed by atoms with Gasteiger partial charge in [-0.3, -0.25) is 19.1 Å². The van der Waals surface area contributed by atoms with Crippen LogP contribution in [0.15, 0.2) is 36.9 Å². The Labute approximate surface area is 338 Å². The van der Waals surface area contributed by atoms with E-state index in [1.807, 2.05) is 25.1 Å². The highest BCUT2D eigenvalue weighted by molar-refractivity contribution is 7.91. The van der Waals surface area contributed by atoms with Gasteiger partial charge in [-0.2, -0.15) is 0 Å². The molecule has 4 aliphatic carbocycles. The first-order chi connectivity index (χ1) is 27.9. The van der Waals surface area contributed by atoms with Crippen LogP contribution < -0.4 is 29.6 Å². The molecule has 5 fully saturated rings. The average molecular weight is 820 g/mol. The van der Waals surface area contributed by atoms with E-state index in [4.69, 9.17) is 23.9 Å². The number of hydrogen-bond acceptors (Lipinski definition) is 11. The first kappa shape index (κ1) is 39.9. The lowest BCUT2D eigenvalue weighted by Gasteiger charge is -2.32. The second kappa shape index (κ2) is 16.1. The summed E-state index contributed by atoms with van der Waals surface area (Å²) in [5.74, 6) is -1.18. The summed E-state index contributed by atoms with van der Waals surface area (Å²) in [6, 6.07) is 3.35. The van der Waals surface area contributed by atoms with Gasteiger partial charge in [-0.25, -0.2) is 18.2 Å². The zero-order valence-corrected chi connectivity index (χ0v) is 33.9. The van der Waals surface area contributed by atoms with Gasteiger partial charge < -0.3 is 34.5 Å². The van der Waals surface area contributed by atoms with Crippen molar-refractivity contribution in [3.05, 3.63) is 42.5 Å². The van der Waals surface area contributed by atoms with Gasteiger partial charge in [0.25, 0.3) is 5.91 Å². The molecule has 0 unspecified atom stereocenters. The summed E-state index contributed by atoms with van der Waals surface area (Å²) in [6.45, 7) is 6.00. The standard InChI is InChI=1S/C42H53N5O10S/c1-4-27-22-42(27,40(50)46-58(52,53)29-16-17-29)45-38(48)32-19-28-23-47(32)39(49)37(25-10-6-7-11-25)44-41(51)57-33-15-9-13-24(33)12-8-14-26-18-30-31(20-34(26)54-3)43-36(55-5-2)21-35(30)56-28/h4,8,14,18,20-21,24-25,27-29,32-33,37H,1,5-7,9-13,15-17,19,22-23H2,2-3H3,(H,44,51)(H,45,48)(H,46,50)/b14-8+/t24-,27-,28+,32-,33-,37-,42+/m0/s1. The number of rotatable bonds is 10. The van der Waals surface area contributed by atoms with Crippen molar-refractivity contribution < 1.29 is 46.5 Å². The van der Waals surface area contributed by atoms with Crippen LogP contribution in [0.4, 0.5) is 4.79 Å². The monoisotopic (exact) mass is 819 g/mol. The molecule has 16 heteroatoms. The van der Waals surface area contributed by atoms with E-state index in [1.165, 1.54) is 11.0 Å². The maximum atomic E-state index is 14.9. The molecule has 0 radical (unpaired) electrons. The van der Waals surface area contributed by atoms with E-state index >= 15 is 0 Å². The lowest BCUT2D eigenvalue weighted by atomic mass is 9.96. The molecule has 3 heterocycles. The molecule has 4 saturated carbocycles. The van der Waals surface area contributed by atoms with Gasteiger partial charge in [-0.1, -0.05) is 31.1 Å². The van der Waals surface area contributed by atoms with Gasteiger partial charge in [0.15, 0.2) is 0 Å². The molecule has 0 spiro atoms. The number of benzene rings is 1. The molecule has 7 atom stereocenters. The number of alkyl carbamates (subject to hydrolysis) is 1. The van der Waals surface area contributed by atoms with E-state index in [1.54, 1.807) is 13.2 Å². The zero-order chi connectivity index (χ0) is 40.8. The van der Waals surface area contributed by atoms with Crippen LogP contribution in [0.2, 0.25) is 0 Å². The van der Waals surface area contributed by atoms with Crippen molar-refractivity contribution in [2.45, 2.75) is 119 Å². The third-order valence-electron chi connectivity index (χ3n) is 12.8. The van der Waals surface area contributed by atoms with E-state index < -0.39 is 68.7 Å². The molecular formula is C42H53N5O10S. The molecular weight excluding hydrogens is 767 g/mol. The molecule has 4 amide bonds. The second-order valence-electron chi connectivity index (χ2n) is 16.6. The minimum Gasteiger partial charge on any atom is -0.496 e. The maximum absolute atomic E-state index is 14.9. The van der Waals surface area contributed by atoms with E-state index in [9.17, 15) is 27.6 Å². The third kappa shape index (κ3) is 7.95. The molecule has 1 saturated heterocycles. The summed E-state index contributed by atoms with van der Waals surface area (Å²) in [5, 5.41) is 5.82. The number of ether oxygens (including phenoxy) is 4. The number of nitrogens with zero attached hydrogens (tertiary/aromatic N) is 2. The zero-order valence-electron chi connectivity index (χ0n) is 33.1. The maximum Gasteiger partial charge on any atom is 0.408 e. The number of allylic oxidation sites excluding steroid dienone is 1. The van der Waals surface area contributed by atoms with E-state index in [2.05, 4.69) is 28.0 Å². The van der Waals surface area contributed by atoms with E-state index in [-0.39, 0.29) is 37.3 Å². The summed E-state index contributed by atoms with van der Waals surface area (Å²) in [5.41, 5.74) is -0.202. The quantitative estimate of drug-likeness (QED) is 0.286. The summed E-state index contributed by atoms with van der Waals surface area (Å²) in [7, 11) is -2.32. The molecule has 3 N–H and O–H groups in total. The predicted octanol–water partition coefficient (Wildman–Crippen LogP) is 4.53. The summed E-state index contributed by atoms with van der Waals surface area (Å²) in [4.78, 5) is 63.0. The number of hydrogen-bond donors (Lipinski definition) is 3. The SMILES string of the molecule is C=C[C@H]1C[C@]1(NC(=O)[C@@H]1C[C@@H]2CN1C(=O)[C@H](C1CCCC1)NC(=O)O[C@H]1CCC[C@@H]1C/C=C/c1cc3c(cc(OCC)nc3cc1OC)O2)C(=O)NS(=O)(=O)C1CC1. The topological polar surface area (TPSA) is 192 Å². The summed E-state index contributed by atoms with van der Waals surface area (Å²) < 4.78 is 52.2. The van der Waals surface area contributed by atoms with Crippen molar-refractivity contribution in [1.82, 2.24) is 25.2 Å². The summed E-state index contributed by atoms with van der Waals surface area (Å²) >= 11 is 0. The van der Waals surface area contributed by atoms with Crippen molar-refractivity contribution in [3.63, 3.8) is 0 Å². The van der Waals surface area contributed by atoms with Crippen molar-refractivity contribution >= 4 is 50.8 Å². The highest BCUT2D eigenvalue weighted by Gasteiger charge is 2.62. The molecule has 312 valence electrons. The second-order valence-corrected chi connectivity index (χ2v) is 18.6. The lowest BCUT2D eigenvalue weighted by Crippen LogP contribution is -2.59. The van der Waals surface area contributed by atoms with Crippen LogP contribution in [0.5, 0.6) is 17.4 Å². The molecule has 4 bridgehead atoms. The highest BCUT2D eigenvalue weighted by Crippen LogP contribution is 2.46. The first-order valence-electron chi connectivity index (χ1n) is 20.7. The Balaban J connectivity index is 1.17. The Hall–Kier alpha value is -4.86. The number of fused-ring (bicyclic) bond motifs is 4. The van der Waals surface area contributed by atoms with Crippen LogP contribution in [-0.2, 0) is 29.1 Å². The Morgan fingerprint density at radius 1 is 1.07 bits per heavy atom. The van der Waals surface area contributed by atoms with Crippen LogP contribution in [0.1, 0.15) is 89.5 Å². The lowest BCUT2D eigenvalue weighted by molar-refractivity contribution is -0.142. The van der Waals surface area contributed by atoms with Crippen molar-refractivity contribution in [2.75, 3.05) is 20.3 Å². The van der Waals surface area contributed by atoms with Crippen molar-refractivity contribution in [3.8, 4) is 17.4 Å². The van der Waals surface area contributed by atoms with Gasteiger partial charge in [0.05, 0.1) is 31.0 Å². The molecule has 8 rings (SSSR count). The predicted molar refractivity (Wildman–Crippen MR) is 213 cm³/mol. The fourth-order valence-corrected chi connectivity index (χ4v) is 10.7. The van der Waals surface area contributed by atoms with Gasteiger partial charge >= 0.3 is 6.09 Å². The van der Waals surface area contributed by atoms with Gasteiger partial charge in [0, 0.05) is 35.4 Å². The third-order valence-corrected chi connectivity index (χ3v) is 14.6. The number of methoxy groups -OCH3 is 1. The van der Waals surface area contributed by atoms with Crippen LogP contribution in [0, 0.1) is 17.8 Å². The van der Waals surface area contributed by atoms with Gasteiger partial charge in [0.1, 0.15) is 41.3 Å².